The Hall–Kier alpha value is -1.59. The number of hydrogen-bond acceptors (Lipinski definition) is 3. The molecule has 0 bridgehead atoms. The van der Waals surface area contributed by atoms with Crippen molar-refractivity contribution in [2.45, 2.75) is 6.92 Å². The van der Waals surface area contributed by atoms with Gasteiger partial charge < -0.3 is 0 Å². The van der Waals surface area contributed by atoms with Crippen LogP contribution in [-0.4, -0.2) is 9.97 Å². The van der Waals surface area contributed by atoms with E-state index in [1.807, 2.05) is 13.0 Å². The molecule has 0 aliphatic heterocycles. The van der Waals surface area contributed by atoms with Gasteiger partial charge in [0.25, 0.3) is 0 Å². The first kappa shape index (κ1) is 12.4. The molecule has 6 heteroatoms. The molecule has 0 radical (unpaired) electrons. The van der Waals surface area contributed by atoms with Gasteiger partial charge >= 0.3 is 0 Å². The minimum atomic E-state index is -0.579. The second kappa shape index (κ2) is 4.51. The summed E-state index contributed by atoms with van der Waals surface area (Å²) in [5.74, 6) is -1.03. The number of aryl methyl sites for hydroxylation is 1. The van der Waals surface area contributed by atoms with Crippen molar-refractivity contribution in [3.05, 3.63) is 45.9 Å². The molecule has 2 heterocycles. The zero-order valence-electron chi connectivity index (χ0n) is 9.75. The lowest BCUT2D eigenvalue weighted by Crippen LogP contribution is -1.93. The molecule has 0 atom stereocenters. The van der Waals surface area contributed by atoms with Crippen molar-refractivity contribution < 1.29 is 8.78 Å². The molecule has 0 spiro atoms. The number of halogens is 3. The molecule has 2 aromatic heterocycles. The van der Waals surface area contributed by atoms with Crippen LogP contribution >= 0.6 is 22.9 Å². The quantitative estimate of drug-likeness (QED) is 0.613. The van der Waals surface area contributed by atoms with Crippen LogP contribution in [0.15, 0.2) is 24.3 Å². The van der Waals surface area contributed by atoms with E-state index in [0.29, 0.717) is 4.83 Å². The van der Waals surface area contributed by atoms with E-state index in [9.17, 15) is 8.78 Å². The van der Waals surface area contributed by atoms with Gasteiger partial charge in [-0.05, 0) is 31.2 Å². The minimum absolute atomic E-state index is 0.00912. The Morgan fingerprint density at radius 2 is 1.95 bits per heavy atom. The van der Waals surface area contributed by atoms with Crippen LogP contribution in [0.5, 0.6) is 0 Å². The molecule has 0 saturated carbocycles. The van der Waals surface area contributed by atoms with Gasteiger partial charge in [-0.25, -0.2) is 18.7 Å². The number of fused-ring (bicyclic) bond motifs is 1. The summed E-state index contributed by atoms with van der Waals surface area (Å²) >= 11 is 7.49. The summed E-state index contributed by atoms with van der Waals surface area (Å²) in [5.41, 5.74) is 0.00912. The third kappa shape index (κ3) is 2.19. The summed E-state index contributed by atoms with van der Waals surface area (Å²) in [4.78, 5) is 9.98. The number of aromatic nitrogens is 2. The summed E-state index contributed by atoms with van der Waals surface area (Å²) in [6.45, 7) is 1.92. The molecule has 19 heavy (non-hydrogen) atoms. The molecular formula is C13H7ClF2N2S. The second-order valence-corrected chi connectivity index (χ2v) is 5.63. The summed E-state index contributed by atoms with van der Waals surface area (Å²) in [5, 5.41) is 0.970. The third-order valence-corrected chi connectivity index (χ3v) is 3.87. The lowest BCUT2D eigenvalue weighted by Gasteiger charge is -2.03. The van der Waals surface area contributed by atoms with Gasteiger partial charge in [-0.15, -0.1) is 11.3 Å². The Balaban J connectivity index is 2.27. The maximum Gasteiger partial charge on any atom is 0.165 e. The van der Waals surface area contributed by atoms with Crippen LogP contribution in [0, 0.1) is 18.6 Å². The van der Waals surface area contributed by atoms with Crippen molar-refractivity contribution in [3.63, 3.8) is 0 Å². The zero-order chi connectivity index (χ0) is 13.6. The molecule has 0 amide bonds. The van der Waals surface area contributed by atoms with Crippen LogP contribution in [0.4, 0.5) is 8.78 Å². The molecule has 0 fully saturated rings. The first-order valence-electron chi connectivity index (χ1n) is 5.44. The van der Waals surface area contributed by atoms with Crippen LogP contribution in [0.2, 0.25) is 5.15 Å². The molecular weight excluding hydrogens is 290 g/mol. The fraction of sp³-hybridized carbons (Fsp3) is 0.0769. The number of hydrogen-bond donors (Lipinski definition) is 0. The Bertz CT molecular complexity index is 786. The molecule has 2 nitrogen and oxygen atoms in total. The number of benzene rings is 1. The highest BCUT2D eigenvalue weighted by Gasteiger charge is 2.14. The Labute approximate surface area is 116 Å². The second-order valence-electron chi connectivity index (χ2n) is 4.04. The van der Waals surface area contributed by atoms with Crippen molar-refractivity contribution in [3.8, 4) is 11.4 Å². The average Bonchev–Trinajstić information content (AvgIpc) is 2.73. The molecule has 0 saturated heterocycles. The van der Waals surface area contributed by atoms with Crippen molar-refractivity contribution >= 4 is 33.2 Å². The van der Waals surface area contributed by atoms with Crippen molar-refractivity contribution in [1.29, 1.82) is 0 Å². The van der Waals surface area contributed by atoms with E-state index in [1.54, 1.807) is 0 Å². The normalized spacial score (nSPS) is 11.2. The maximum atomic E-state index is 13.7. The van der Waals surface area contributed by atoms with E-state index in [4.69, 9.17) is 11.6 Å². The van der Waals surface area contributed by atoms with Crippen LogP contribution < -0.4 is 0 Å². The first-order chi connectivity index (χ1) is 9.04. The van der Waals surface area contributed by atoms with E-state index in [1.165, 1.54) is 11.3 Å². The smallest absolute Gasteiger partial charge is 0.165 e. The van der Waals surface area contributed by atoms with E-state index in [0.717, 1.165) is 28.5 Å². The van der Waals surface area contributed by atoms with E-state index < -0.39 is 11.6 Å². The monoisotopic (exact) mass is 296 g/mol. The zero-order valence-corrected chi connectivity index (χ0v) is 11.3. The topological polar surface area (TPSA) is 25.8 Å². The van der Waals surface area contributed by atoms with Crippen LogP contribution in [-0.2, 0) is 0 Å². The highest BCUT2D eigenvalue weighted by molar-refractivity contribution is 7.18. The summed E-state index contributed by atoms with van der Waals surface area (Å²) < 4.78 is 26.9. The standard InChI is InChI=1S/C13H7ClF2N2S/c1-6-4-9-11(14)17-12(18-13(9)19-6)8-5-7(15)2-3-10(8)16/h2-5H,1H3. The predicted molar refractivity (Wildman–Crippen MR) is 72.5 cm³/mol. The van der Waals surface area contributed by atoms with Crippen molar-refractivity contribution in [2.75, 3.05) is 0 Å². The number of thiophene rings is 1. The third-order valence-electron chi connectivity index (χ3n) is 2.64. The summed E-state index contributed by atoms with van der Waals surface area (Å²) in [6, 6.07) is 5.03. The van der Waals surface area contributed by atoms with Gasteiger partial charge in [-0.2, -0.15) is 0 Å². The molecule has 0 N–H and O–H groups in total. The SMILES string of the molecule is Cc1cc2c(Cl)nc(-c3cc(F)ccc3F)nc2s1. The van der Waals surface area contributed by atoms with Crippen molar-refractivity contribution in [1.82, 2.24) is 9.97 Å². The van der Waals surface area contributed by atoms with E-state index in [2.05, 4.69) is 9.97 Å². The van der Waals surface area contributed by atoms with Gasteiger partial charge in [0.05, 0.1) is 5.56 Å². The van der Waals surface area contributed by atoms with Crippen LogP contribution in [0.1, 0.15) is 4.88 Å². The summed E-state index contributed by atoms with van der Waals surface area (Å²) in [7, 11) is 0. The molecule has 96 valence electrons. The number of nitrogens with zero attached hydrogens (tertiary/aromatic N) is 2. The summed E-state index contributed by atoms with van der Waals surface area (Å²) in [6.07, 6.45) is 0. The van der Waals surface area contributed by atoms with Crippen LogP contribution in [0.25, 0.3) is 21.6 Å². The Morgan fingerprint density at radius 3 is 2.74 bits per heavy atom. The lowest BCUT2D eigenvalue weighted by atomic mass is 10.2. The Kier molecular flexibility index (Phi) is 2.95. The minimum Gasteiger partial charge on any atom is -0.217 e. The van der Waals surface area contributed by atoms with Gasteiger partial charge in [0.1, 0.15) is 21.6 Å². The van der Waals surface area contributed by atoms with E-state index >= 15 is 0 Å². The fourth-order valence-corrected chi connectivity index (χ4v) is 2.96. The maximum absolute atomic E-state index is 13.7. The fourth-order valence-electron chi connectivity index (χ4n) is 1.80. The molecule has 3 aromatic rings. The van der Waals surface area contributed by atoms with Crippen molar-refractivity contribution in [2.24, 2.45) is 0 Å². The Morgan fingerprint density at radius 1 is 1.16 bits per heavy atom. The molecule has 0 aliphatic rings. The highest BCUT2D eigenvalue weighted by atomic mass is 35.5. The van der Waals surface area contributed by atoms with Gasteiger partial charge in [0.15, 0.2) is 5.82 Å². The van der Waals surface area contributed by atoms with Gasteiger partial charge in [0.2, 0.25) is 0 Å². The largest absolute Gasteiger partial charge is 0.217 e. The van der Waals surface area contributed by atoms with Gasteiger partial charge in [-0.1, -0.05) is 11.6 Å². The molecule has 0 unspecified atom stereocenters. The molecule has 1 aromatic carbocycles. The molecule has 0 aliphatic carbocycles. The van der Waals surface area contributed by atoms with Gasteiger partial charge in [-0.3, -0.25) is 0 Å². The first-order valence-corrected chi connectivity index (χ1v) is 6.63. The van der Waals surface area contributed by atoms with Crippen LogP contribution in [0.3, 0.4) is 0 Å². The lowest BCUT2D eigenvalue weighted by molar-refractivity contribution is 0.602. The average molecular weight is 297 g/mol. The number of rotatable bonds is 1. The molecule has 3 rings (SSSR count). The predicted octanol–water partition coefficient (Wildman–Crippen LogP) is 4.60. The van der Waals surface area contributed by atoms with Gasteiger partial charge in [0, 0.05) is 10.3 Å². The highest BCUT2D eigenvalue weighted by Crippen LogP contribution is 2.31. The van der Waals surface area contributed by atoms with E-state index in [-0.39, 0.29) is 16.5 Å².